The molecule has 1 aromatic rings. The number of fused-ring (bicyclic) bond motifs is 2. The Bertz CT molecular complexity index is 739. The molecule has 6 nitrogen and oxygen atoms in total. The highest BCUT2D eigenvalue weighted by atomic mass is 32.1. The maximum Gasteiger partial charge on any atom is 0.264 e. The van der Waals surface area contributed by atoms with Crippen molar-refractivity contribution in [1.82, 2.24) is 9.80 Å². The van der Waals surface area contributed by atoms with E-state index in [4.69, 9.17) is 10.5 Å². The van der Waals surface area contributed by atoms with Crippen LogP contribution in [-0.2, 0) is 21.6 Å². The molecular weight excluding hydrogens is 374 g/mol. The fourth-order valence-electron chi connectivity index (χ4n) is 5.03. The molecule has 2 N–H and O–H groups in total. The second kappa shape index (κ2) is 8.13. The van der Waals surface area contributed by atoms with Gasteiger partial charge in [-0.1, -0.05) is 6.92 Å². The Morgan fingerprint density at radius 3 is 2.79 bits per heavy atom. The van der Waals surface area contributed by atoms with Crippen molar-refractivity contribution in [2.75, 3.05) is 32.8 Å². The van der Waals surface area contributed by atoms with Crippen LogP contribution in [0.2, 0.25) is 0 Å². The molecule has 2 amide bonds. The lowest BCUT2D eigenvalue weighted by Crippen LogP contribution is -2.48. The van der Waals surface area contributed by atoms with E-state index in [1.165, 1.54) is 16.9 Å². The Morgan fingerprint density at radius 1 is 1.29 bits per heavy atom. The molecule has 4 rings (SSSR count). The molecular formula is C21H31N3O3S. The Kier molecular flexibility index (Phi) is 5.76. The molecule has 4 heterocycles. The summed E-state index contributed by atoms with van der Waals surface area (Å²) >= 11 is 1.64. The minimum absolute atomic E-state index is 0.201. The highest BCUT2D eigenvalue weighted by Crippen LogP contribution is 2.45. The van der Waals surface area contributed by atoms with Crippen LogP contribution in [-0.4, -0.2) is 60.4 Å². The second-order valence-electron chi connectivity index (χ2n) is 8.36. The highest BCUT2D eigenvalue weighted by Gasteiger charge is 2.43. The summed E-state index contributed by atoms with van der Waals surface area (Å²) < 4.78 is 6.31. The predicted molar refractivity (Wildman–Crippen MR) is 109 cm³/mol. The third kappa shape index (κ3) is 3.72. The van der Waals surface area contributed by atoms with Gasteiger partial charge in [0, 0.05) is 30.6 Å². The Morgan fingerprint density at radius 2 is 2.07 bits per heavy atom. The molecule has 0 aliphatic carbocycles. The summed E-state index contributed by atoms with van der Waals surface area (Å²) in [7, 11) is 0. The first-order valence-electron chi connectivity index (χ1n) is 10.6. The van der Waals surface area contributed by atoms with Crippen LogP contribution in [0.3, 0.4) is 0 Å². The number of amides is 2. The average molecular weight is 406 g/mol. The van der Waals surface area contributed by atoms with Crippen molar-refractivity contribution in [3.05, 3.63) is 21.4 Å². The standard InChI is InChI=1S/C21H31N3O3S/c1-2-16-5-3-4-9-24(16)20(26)17-13-15-6-12-27-21(19(15)28-17)7-10-23(11-8-21)14-18(22)25/h13,16H,2-12,14H2,1H3,(H2,22,25). The molecule has 0 aromatic carbocycles. The lowest BCUT2D eigenvalue weighted by Gasteiger charge is -2.43. The molecule has 1 atom stereocenters. The van der Waals surface area contributed by atoms with Crippen molar-refractivity contribution in [3.63, 3.8) is 0 Å². The van der Waals surface area contributed by atoms with E-state index in [0.717, 1.165) is 63.0 Å². The molecule has 3 aliphatic rings. The van der Waals surface area contributed by atoms with Crippen molar-refractivity contribution in [1.29, 1.82) is 0 Å². The van der Waals surface area contributed by atoms with Gasteiger partial charge >= 0.3 is 0 Å². The summed E-state index contributed by atoms with van der Waals surface area (Å²) in [6.07, 6.45) is 7.06. The molecule has 1 spiro atoms. The molecule has 0 bridgehead atoms. The highest BCUT2D eigenvalue weighted by molar-refractivity contribution is 7.14. The summed E-state index contributed by atoms with van der Waals surface area (Å²) in [5.74, 6) is -0.0792. The van der Waals surface area contributed by atoms with Crippen molar-refractivity contribution >= 4 is 23.2 Å². The molecule has 2 fully saturated rings. The van der Waals surface area contributed by atoms with E-state index < -0.39 is 0 Å². The number of piperidine rings is 2. The summed E-state index contributed by atoms with van der Waals surface area (Å²) in [4.78, 5) is 30.8. The molecule has 2 saturated heterocycles. The van der Waals surface area contributed by atoms with Gasteiger partial charge in [-0.15, -0.1) is 11.3 Å². The van der Waals surface area contributed by atoms with E-state index in [2.05, 4.69) is 22.8 Å². The van der Waals surface area contributed by atoms with Crippen molar-refractivity contribution in [3.8, 4) is 0 Å². The van der Waals surface area contributed by atoms with Crippen LogP contribution in [0.25, 0.3) is 0 Å². The van der Waals surface area contributed by atoms with Gasteiger partial charge in [-0.3, -0.25) is 14.5 Å². The van der Waals surface area contributed by atoms with Crippen LogP contribution < -0.4 is 5.73 Å². The average Bonchev–Trinajstić information content (AvgIpc) is 3.15. The third-order valence-corrected chi connectivity index (χ3v) is 7.94. The van der Waals surface area contributed by atoms with Crippen LogP contribution in [0.4, 0.5) is 0 Å². The molecule has 3 aliphatic heterocycles. The van der Waals surface area contributed by atoms with Crippen LogP contribution >= 0.6 is 11.3 Å². The monoisotopic (exact) mass is 405 g/mol. The number of primary amides is 1. The minimum atomic E-state index is -0.295. The maximum absolute atomic E-state index is 13.3. The number of carbonyl (C=O) groups is 2. The van der Waals surface area contributed by atoms with E-state index in [1.807, 2.05) is 0 Å². The van der Waals surface area contributed by atoms with Crippen molar-refractivity contribution in [2.45, 2.75) is 63.5 Å². The molecule has 1 unspecified atom stereocenters. The first-order valence-corrected chi connectivity index (χ1v) is 11.4. The first-order chi connectivity index (χ1) is 13.5. The summed E-state index contributed by atoms with van der Waals surface area (Å²) in [6.45, 7) is 5.67. The van der Waals surface area contributed by atoms with Crippen LogP contribution in [0.15, 0.2) is 6.07 Å². The van der Waals surface area contributed by atoms with E-state index in [9.17, 15) is 9.59 Å². The summed E-state index contributed by atoms with van der Waals surface area (Å²) in [5, 5.41) is 0. The Hall–Kier alpha value is -1.44. The van der Waals surface area contributed by atoms with Gasteiger partial charge in [-0.2, -0.15) is 0 Å². The van der Waals surface area contributed by atoms with Gasteiger partial charge in [0.15, 0.2) is 0 Å². The number of thiophene rings is 1. The molecule has 28 heavy (non-hydrogen) atoms. The zero-order valence-electron chi connectivity index (χ0n) is 16.7. The zero-order valence-corrected chi connectivity index (χ0v) is 17.6. The lowest BCUT2D eigenvalue weighted by molar-refractivity contribution is -0.123. The zero-order chi connectivity index (χ0) is 19.7. The van der Waals surface area contributed by atoms with Crippen molar-refractivity contribution in [2.24, 2.45) is 5.73 Å². The number of nitrogens with two attached hydrogens (primary N) is 1. The number of hydrogen-bond donors (Lipinski definition) is 1. The number of hydrogen-bond acceptors (Lipinski definition) is 5. The Labute approximate surface area is 171 Å². The fraction of sp³-hybridized carbons (Fsp3) is 0.714. The molecule has 1 aromatic heterocycles. The van der Waals surface area contributed by atoms with Gasteiger partial charge in [0.1, 0.15) is 5.60 Å². The first kappa shape index (κ1) is 19.9. The van der Waals surface area contributed by atoms with Gasteiger partial charge in [0.05, 0.1) is 18.0 Å². The smallest absolute Gasteiger partial charge is 0.264 e. The van der Waals surface area contributed by atoms with E-state index in [1.54, 1.807) is 11.3 Å². The lowest BCUT2D eigenvalue weighted by atomic mass is 9.85. The van der Waals surface area contributed by atoms with Crippen LogP contribution in [0.5, 0.6) is 0 Å². The largest absolute Gasteiger partial charge is 0.369 e. The number of carbonyl (C=O) groups excluding carboxylic acids is 2. The SMILES string of the molecule is CCC1CCCCN1C(=O)c1cc2c(s1)C1(CCN(CC(N)=O)CC1)OCC2. The predicted octanol–water partition coefficient (Wildman–Crippen LogP) is 2.50. The summed E-state index contributed by atoms with van der Waals surface area (Å²) in [5.41, 5.74) is 6.34. The van der Waals surface area contributed by atoms with Gasteiger partial charge in [0.25, 0.3) is 5.91 Å². The molecule has 0 saturated carbocycles. The maximum atomic E-state index is 13.3. The number of ether oxygens (including phenoxy) is 1. The second-order valence-corrected chi connectivity index (χ2v) is 9.41. The summed E-state index contributed by atoms with van der Waals surface area (Å²) in [6, 6.07) is 2.51. The molecule has 7 heteroatoms. The minimum Gasteiger partial charge on any atom is -0.369 e. The normalized spacial score (nSPS) is 24.9. The van der Waals surface area contributed by atoms with E-state index in [0.29, 0.717) is 19.2 Å². The number of nitrogens with zero attached hydrogens (tertiary/aromatic N) is 2. The number of rotatable bonds is 4. The van der Waals surface area contributed by atoms with Gasteiger partial charge in [-0.05, 0) is 56.6 Å². The van der Waals surface area contributed by atoms with Crippen molar-refractivity contribution < 1.29 is 14.3 Å². The van der Waals surface area contributed by atoms with Gasteiger partial charge in [-0.25, -0.2) is 0 Å². The van der Waals surface area contributed by atoms with Crippen LogP contribution in [0.1, 0.15) is 65.6 Å². The third-order valence-electron chi connectivity index (χ3n) is 6.59. The van der Waals surface area contributed by atoms with Gasteiger partial charge < -0.3 is 15.4 Å². The van der Waals surface area contributed by atoms with Gasteiger partial charge in [0.2, 0.25) is 5.91 Å². The number of likely N-dealkylation sites (tertiary alicyclic amines) is 2. The Balaban J connectivity index is 1.54. The fourth-order valence-corrected chi connectivity index (χ4v) is 6.39. The molecule has 154 valence electrons. The molecule has 0 radical (unpaired) electrons. The van der Waals surface area contributed by atoms with Crippen LogP contribution in [0, 0.1) is 0 Å². The quantitative estimate of drug-likeness (QED) is 0.835. The topological polar surface area (TPSA) is 75.9 Å². The van der Waals surface area contributed by atoms with E-state index >= 15 is 0 Å². The van der Waals surface area contributed by atoms with E-state index in [-0.39, 0.29) is 17.4 Å².